The van der Waals surface area contributed by atoms with E-state index in [9.17, 15) is 4.39 Å². The third kappa shape index (κ3) is 4.32. The summed E-state index contributed by atoms with van der Waals surface area (Å²) in [6.45, 7) is 6.31. The van der Waals surface area contributed by atoms with Crippen molar-refractivity contribution < 1.29 is 4.39 Å². The molecule has 0 radical (unpaired) electrons. The minimum absolute atomic E-state index is 0. The zero-order valence-corrected chi connectivity index (χ0v) is 12.7. The van der Waals surface area contributed by atoms with Gasteiger partial charge in [0.2, 0.25) is 0 Å². The van der Waals surface area contributed by atoms with Crippen LogP contribution in [0.5, 0.6) is 0 Å². The van der Waals surface area contributed by atoms with E-state index in [2.05, 4.69) is 17.1 Å². The predicted molar refractivity (Wildman–Crippen MR) is 80.7 cm³/mol. The summed E-state index contributed by atoms with van der Waals surface area (Å²) in [6.07, 6.45) is 2.20. The Hall–Kier alpha value is -0.350. The molecule has 108 valence electrons. The molecule has 0 aliphatic carbocycles. The van der Waals surface area contributed by atoms with E-state index in [0.717, 1.165) is 44.6 Å². The summed E-state index contributed by atoms with van der Waals surface area (Å²) in [5.41, 5.74) is 1.13. The van der Waals surface area contributed by atoms with E-state index in [0.29, 0.717) is 6.04 Å². The van der Waals surface area contributed by atoms with E-state index in [1.807, 2.05) is 6.07 Å². The first kappa shape index (κ1) is 16.7. The van der Waals surface area contributed by atoms with Gasteiger partial charge < -0.3 is 5.32 Å². The monoisotopic (exact) mass is 306 g/mol. The lowest BCUT2D eigenvalue weighted by atomic mass is 10.00. The van der Waals surface area contributed by atoms with Crippen LogP contribution >= 0.6 is 24.0 Å². The molecule has 0 aromatic heterocycles. The number of rotatable bonds is 4. The van der Waals surface area contributed by atoms with Crippen LogP contribution in [0.15, 0.2) is 18.2 Å². The van der Waals surface area contributed by atoms with Gasteiger partial charge in [0, 0.05) is 32.2 Å². The van der Waals surface area contributed by atoms with Gasteiger partial charge in [-0.3, -0.25) is 4.90 Å². The first-order valence-electron chi connectivity index (χ1n) is 6.62. The molecule has 1 aromatic rings. The van der Waals surface area contributed by atoms with E-state index in [1.54, 1.807) is 6.07 Å². The molecule has 1 aliphatic rings. The highest BCUT2D eigenvalue weighted by molar-refractivity contribution is 6.30. The largest absolute Gasteiger partial charge is 0.314 e. The highest BCUT2D eigenvalue weighted by Crippen LogP contribution is 2.28. The quantitative estimate of drug-likeness (QED) is 0.913. The molecule has 5 heteroatoms. The molecule has 1 saturated heterocycles. The minimum atomic E-state index is -0.337. The Morgan fingerprint density at radius 1 is 1.37 bits per heavy atom. The number of nitrogens with one attached hydrogen (secondary N) is 1. The van der Waals surface area contributed by atoms with Gasteiger partial charge in [0.1, 0.15) is 5.82 Å². The van der Waals surface area contributed by atoms with Crippen LogP contribution in [0.1, 0.15) is 31.4 Å². The van der Waals surface area contributed by atoms with Crippen molar-refractivity contribution in [2.75, 3.05) is 26.2 Å². The number of nitrogens with zero attached hydrogens (tertiary/aromatic N) is 1. The van der Waals surface area contributed by atoms with E-state index < -0.39 is 0 Å². The lowest BCUT2D eigenvalue weighted by Crippen LogP contribution is -2.45. The molecule has 1 heterocycles. The summed E-state index contributed by atoms with van der Waals surface area (Å²) >= 11 is 5.89. The number of hydrogen-bond acceptors (Lipinski definition) is 2. The number of hydrogen-bond donors (Lipinski definition) is 1. The minimum Gasteiger partial charge on any atom is -0.314 e. The van der Waals surface area contributed by atoms with Crippen molar-refractivity contribution in [2.45, 2.75) is 25.8 Å². The Morgan fingerprint density at radius 3 is 2.63 bits per heavy atom. The number of halogens is 3. The van der Waals surface area contributed by atoms with Crippen LogP contribution in [0.2, 0.25) is 5.02 Å². The third-order valence-electron chi connectivity index (χ3n) is 3.48. The Bertz CT molecular complexity index is 395. The standard InChI is InChI=1S/C14H20ClFN2.ClH/c1-2-3-14(18-8-6-17-7-9-18)11-4-5-13(16)12(15)10-11;/h4-5,10,14,17H,2-3,6-9H2,1H3;1H/t14-;/m1./s1. The summed E-state index contributed by atoms with van der Waals surface area (Å²) in [5.74, 6) is -0.337. The fourth-order valence-corrected chi connectivity index (χ4v) is 2.74. The lowest BCUT2D eigenvalue weighted by Gasteiger charge is -2.35. The molecule has 1 atom stereocenters. The van der Waals surface area contributed by atoms with Crippen molar-refractivity contribution in [3.63, 3.8) is 0 Å². The van der Waals surface area contributed by atoms with Crippen molar-refractivity contribution >= 4 is 24.0 Å². The Kier molecular flexibility index (Phi) is 7.08. The summed E-state index contributed by atoms with van der Waals surface area (Å²) in [4.78, 5) is 2.46. The average molecular weight is 307 g/mol. The lowest BCUT2D eigenvalue weighted by molar-refractivity contribution is 0.164. The van der Waals surface area contributed by atoms with Gasteiger partial charge in [-0.05, 0) is 24.1 Å². The fraction of sp³-hybridized carbons (Fsp3) is 0.571. The van der Waals surface area contributed by atoms with E-state index >= 15 is 0 Å². The maximum absolute atomic E-state index is 13.2. The normalized spacial score (nSPS) is 17.8. The highest BCUT2D eigenvalue weighted by atomic mass is 35.5. The summed E-state index contributed by atoms with van der Waals surface area (Å²) in [6, 6.07) is 5.47. The number of benzene rings is 1. The predicted octanol–water partition coefficient (Wildman–Crippen LogP) is 3.65. The van der Waals surface area contributed by atoms with Crippen molar-refractivity contribution in [1.29, 1.82) is 0 Å². The molecular formula is C14H21Cl2FN2. The molecule has 1 N–H and O–H groups in total. The van der Waals surface area contributed by atoms with Gasteiger partial charge in [0.25, 0.3) is 0 Å². The van der Waals surface area contributed by atoms with Gasteiger partial charge in [-0.1, -0.05) is 31.0 Å². The fourth-order valence-electron chi connectivity index (χ4n) is 2.55. The van der Waals surface area contributed by atoms with Gasteiger partial charge in [-0.2, -0.15) is 0 Å². The average Bonchev–Trinajstić information content (AvgIpc) is 2.40. The molecule has 0 bridgehead atoms. The highest BCUT2D eigenvalue weighted by Gasteiger charge is 2.21. The molecule has 1 aliphatic heterocycles. The maximum atomic E-state index is 13.2. The molecule has 2 rings (SSSR count). The van der Waals surface area contributed by atoms with Gasteiger partial charge in [-0.25, -0.2) is 4.39 Å². The van der Waals surface area contributed by atoms with Crippen LogP contribution in [-0.4, -0.2) is 31.1 Å². The van der Waals surface area contributed by atoms with Crippen LogP contribution in [0.25, 0.3) is 0 Å². The molecule has 0 spiro atoms. The van der Waals surface area contributed by atoms with Crippen LogP contribution in [0, 0.1) is 5.82 Å². The second kappa shape index (κ2) is 8.05. The van der Waals surface area contributed by atoms with Crippen LogP contribution in [0.3, 0.4) is 0 Å². The smallest absolute Gasteiger partial charge is 0.141 e. The van der Waals surface area contributed by atoms with Crippen LogP contribution < -0.4 is 5.32 Å². The van der Waals surface area contributed by atoms with E-state index in [4.69, 9.17) is 11.6 Å². The second-order valence-electron chi connectivity index (χ2n) is 4.76. The Morgan fingerprint density at radius 2 is 2.05 bits per heavy atom. The van der Waals surface area contributed by atoms with E-state index in [1.165, 1.54) is 6.07 Å². The Labute approximate surface area is 125 Å². The molecular weight excluding hydrogens is 286 g/mol. The van der Waals surface area contributed by atoms with Crippen LogP contribution in [0.4, 0.5) is 4.39 Å². The first-order chi connectivity index (χ1) is 8.72. The summed E-state index contributed by atoms with van der Waals surface area (Å²) in [7, 11) is 0. The zero-order chi connectivity index (χ0) is 13.0. The molecule has 1 aromatic carbocycles. The topological polar surface area (TPSA) is 15.3 Å². The van der Waals surface area contributed by atoms with Gasteiger partial charge >= 0.3 is 0 Å². The maximum Gasteiger partial charge on any atom is 0.141 e. The van der Waals surface area contributed by atoms with Crippen molar-refractivity contribution in [1.82, 2.24) is 10.2 Å². The van der Waals surface area contributed by atoms with Crippen LogP contribution in [-0.2, 0) is 0 Å². The van der Waals surface area contributed by atoms with E-state index in [-0.39, 0.29) is 23.2 Å². The Balaban J connectivity index is 0.00000180. The molecule has 2 nitrogen and oxygen atoms in total. The molecule has 19 heavy (non-hydrogen) atoms. The van der Waals surface area contributed by atoms with Crippen molar-refractivity contribution in [3.8, 4) is 0 Å². The second-order valence-corrected chi connectivity index (χ2v) is 5.17. The van der Waals surface area contributed by atoms with Crippen molar-refractivity contribution in [3.05, 3.63) is 34.6 Å². The zero-order valence-electron chi connectivity index (χ0n) is 11.2. The van der Waals surface area contributed by atoms with Crippen molar-refractivity contribution in [2.24, 2.45) is 0 Å². The molecule has 1 fully saturated rings. The summed E-state index contributed by atoms with van der Waals surface area (Å²) < 4.78 is 13.2. The van der Waals surface area contributed by atoms with Gasteiger partial charge in [0.05, 0.1) is 5.02 Å². The number of piperazine rings is 1. The van der Waals surface area contributed by atoms with Gasteiger partial charge in [-0.15, -0.1) is 12.4 Å². The molecule has 0 saturated carbocycles. The van der Waals surface area contributed by atoms with Gasteiger partial charge in [0.15, 0.2) is 0 Å². The SMILES string of the molecule is CCC[C@H](c1ccc(F)c(Cl)c1)N1CCNCC1.Cl. The first-order valence-corrected chi connectivity index (χ1v) is 7.00. The molecule has 0 unspecified atom stereocenters. The molecule has 0 amide bonds. The third-order valence-corrected chi connectivity index (χ3v) is 3.77. The summed E-state index contributed by atoms with van der Waals surface area (Å²) in [5, 5.41) is 3.58.